The van der Waals surface area contributed by atoms with Gasteiger partial charge in [-0.25, -0.2) is 4.98 Å². The van der Waals surface area contributed by atoms with Crippen LogP contribution in [0.4, 0.5) is 0 Å². The van der Waals surface area contributed by atoms with E-state index in [2.05, 4.69) is 19.9 Å². The zero-order chi connectivity index (χ0) is 20.5. The van der Waals surface area contributed by atoms with Crippen molar-refractivity contribution in [1.82, 2.24) is 24.8 Å². The molecule has 0 spiro atoms. The topological polar surface area (TPSA) is 91.2 Å². The molecular weight excluding hydrogens is 402 g/mol. The average Bonchev–Trinajstić information content (AvgIpc) is 3.55. The van der Waals surface area contributed by atoms with E-state index < -0.39 is 0 Å². The van der Waals surface area contributed by atoms with Crippen LogP contribution in [-0.4, -0.2) is 44.9 Å². The van der Waals surface area contributed by atoms with Crippen molar-refractivity contribution in [3.05, 3.63) is 41.3 Å². The van der Waals surface area contributed by atoms with E-state index >= 15 is 0 Å². The number of hydrogen-bond acceptors (Lipinski definition) is 7. The summed E-state index contributed by atoms with van der Waals surface area (Å²) in [5, 5.41) is 5.78. The Morgan fingerprint density at radius 2 is 2.07 bits per heavy atom. The highest BCUT2D eigenvalue weighted by Gasteiger charge is 2.28. The first-order valence-electron chi connectivity index (χ1n) is 10.2. The smallest absolute Gasteiger partial charge is 0.255 e. The van der Waals surface area contributed by atoms with Crippen molar-refractivity contribution in [3.8, 4) is 22.1 Å². The summed E-state index contributed by atoms with van der Waals surface area (Å²) >= 11 is 1.51. The quantitative estimate of drug-likeness (QED) is 0.672. The third kappa shape index (κ3) is 3.64. The zero-order valence-corrected chi connectivity index (χ0v) is 17.5. The fraction of sp³-hybridized carbons (Fsp3) is 0.429. The van der Waals surface area contributed by atoms with Gasteiger partial charge in [0.05, 0.1) is 23.1 Å². The number of ether oxygens (including phenoxy) is 2. The summed E-state index contributed by atoms with van der Waals surface area (Å²) in [6, 6.07) is 1.91. The molecule has 0 bridgehead atoms. The third-order valence-electron chi connectivity index (χ3n) is 5.50. The number of rotatable bonds is 5. The highest BCUT2D eigenvalue weighted by atomic mass is 32.1. The molecule has 3 aromatic rings. The summed E-state index contributed by atoms with van der Waals surface area (Å²) in [5.74, 6) is -0.123. The van der Waals surface area contributed by atoms with Crippen LogP contribution in [0.2, 0.25) is 0 Å². The number of aromatic nitrogens is 4. The first-order valence-corrected chi connectivity index (χ1v) is 11.1. The fourth-order valence-electron chi connectivity index (χ4n) is 4.02. The molecule has 0 saturated carbocycles. The number of amides is 1. The van der Waals surface area contributed by atoms with Crippen molar-refractivity contribution in [2.75, 3.05) is 13.2 Å². The van der Waals surface area contributed by atoms with Gasteiger partial charge in [0.1, 0.15) is 23.2 Å². The Bertz CT molecular complexity index is 1040. The van der Waals surface area contributed by atoms with E-state index in [1.54, 1.807) is 18.6 Å². The number of carbonyl (C=O) groups is 1. The predicted octanol–water partition coefficient (Wildman–Crippen LogP) is 3.55. The van der Waals surface area contributed by atoms with Crippen LogP contribution in [0.1, 0.15) is 48.0 Å². The molecule has 5 heterocycles. The summed E-state index contributed by atoms with van der Waals surface area (Å²) in [6.07, 6.45) is 8.42. The minimum Gasteiger partial charge on any atom is -0.359 e. The van der Waals surface area contributed by atoms with Gasteiger partial charge >= 0.3 is 0 Å². The van der Waals surface area contributed by atoms with Crippen LogP contribution in [0, 0.1) is 6.92 Å². The molecule has 5 rings (SSSR count). The van der Waals surface area contributed by atoms with Gasteiger partial charge in [0.2, 0.25) is 0 Å². The first-order chi connectivity index (χ1) is 14.7. The van der Waals surface area contributed by atoms with Crippen LogP contribution in [0.5, 0.6) is 0 Å². The van der Waals surface area contributed by atoms with Crippen molar-refractivity contribution in [2.24, 2.45) is 0 Å². The van der Waals surface area contributed by atoms with E-state index in [0.29, 0.717) is 12.2 Å². The van der Waals surface area contributed by atoms with E-state index in [1.165, 1.54) is 11.3 Å². The summed E-state index contributed by atoms with van der Waals surface area (Å²) in [7, 11) is 0. The van der Waals surface area contributed by atoms with Gasteiger partial charge in [0, 0.05) is 36.7 Å². The summed E-state index contributed by atoms with van der Waals surface area (Å²) in [6.45, 7) is 3.38. The van der Waals surface area contributed by atoms with Gasteiger partial charge in [-0.2, -0.15) is 0 Å². The number of nitrogens with zero attached hydrogens (tertiary/aromatic N) is 4. The molecule has 2 unspecified atom stereocenters. The first kappa shape index (κ1) is 19.3. The van der Waals surface area contributed by atoms with E-state index in [9.17, 15) is 4.79 Å². The Hall–Kier alpha value is -2.62. The van der Waals surface area contributed by atoms with Gasteiger partial charge in [0.15, 0.2) is 0 Å². The SMILES string of the molecule is Cc1c(C(=O)NC2CCCO2)cc(-c2csc(-c3cnccn3)n2)n1C1CCCO1. The highest BCUT2D eigenvalue weighted by Crippen LogP contribution is 2.36. The fourth-order valence-corrected chi connectivity index (χ4v) is 4.79. The number of nitrogens with one attached hydrogen (secondary N) is 1. The molecule has 3 aromatic heterocycles. The normalized spacial score (nSPS) is 21.2. The Labute approximate surface area is 178 Å². The maximum atomic E-state index is 13.0. The molecular formula is C21H23N5O3S. The van der Waals surface area contributed by atoms with Crippen molar-refractivity contribution < 1.29 is 14.3 Å². The molecule has 1 amide bonds. The van der Waals surface area contributed by atoms with Crippen LogP contribution in [0.25, 0.3) is 22.1 Å². The van der Waals surface area contributed by atoms with Crippen molar-refractivity contribution >= 4 is 17.2 Å². The van der Waals surface area contributed by atoms with Gasteiger partial charge in [0.25, 0.3) is 5.91 Å². The van der Waals surface area contributed by atoms with Crippen molar-refractivity contribution in [3.63, 3.8) is 0 Å². The maximum absolute atomic E-state index is 13.0. The molecule has 2 atom stereocenters. The molecule has 8 nitrogen and oxygen atoms in total. The second kappa shape index (κ2) is 8.25. The standard InChI is InChI=1S/C21H23N5O3S/c1-13-14(20(27)25-18-4-2-8-28-18)10-17(26(13)19-5-3-9-29-19)16-12-30-21(24-16)15-11-22-6-7-23-15/h6-7,10-12,18-19H,2-5,8-9H2,1H3,(H,25,27). The lowest BCUT2D eigenvalue weighted by Crippen LogP contribution is -2.34. The number of carbonyl (C=O) groups excluding carboxylic acids is 1. The average molecular weight is 426 g/mol. The molecule has 156 valence electrons. The van der Waals surface area contributed by atoms with E-state index in [-0.39, 0.29) is 18.4 Å². The Balaban J connectivity index is 1.52. The lowest BCUT2D eigenvalue weighted by Gasteiger charge is -2.18. The molecule has 9 heteroatoms. The summed E-state index contributed by atoms with van der Waals surface area (Å²) < 4.78 is 13.6. The lowest BCUT2D eigenvalue weighted by molar-refractivity contribution is 0.0561. The van der Waals surface area contributed by atoms with Crippen molar-refractivity contribution in [1.29, 1.82) is 0 Å². The maximum Gasteiger partial charge on any atom is 0.255 e. The summed E-state index contributed by atoms with van der Waals surface area (Å²) in [5.41, 5.74) is 3.92. The minimum atomic E-state index is -0.214. The zero-order valence-electron chi connectivity index (χ0n) is 16.7. The number of hydrogen-bond donors (Lipinski definition) is 1. The van der Waals surface area contributed by atoms with Crippen LogP contribution in [-0.2, 0) is 9.47 Å². The molecule has 2 aliphatic rings. The van der Waals surface area contributed by atoms with Crippen LogP contribution in [0.15, 0.2) is 30.0 Å². The largest absolute Gasteiger partial charge is 0.359 e. The van der Waals surface area contributed by atoms with Gasteiger partial charge in [-0.1, -0.05) is 0 Å². The molecule has 0 radical (unpaired) electrons. The monoisotopic (exact) mass is 425 g/mol. The lowest BCUT2D eigenvalue weighted by atomic mass is 10.2. The second-order valence-electron chi connectivity index (χ2n) is 7.47. The molecule has 2 aliphatic heterocycles. The van der Waals surface area contributed by atoms with Gasteiger partial charge in [-0.05, 0) is 38.7 Å². The van der Waals surface area contributed by atoms with E-state index in [0.717, 1.165) is 60.1 Å². The van der Waals surface area contributed by atoms with Crippen molar-refractivity contribution in [2.45, 2.75) is 45.1 Å². The molecule has 2 saturated heterocycles. The summed E-state index contributed by atoms with van der Waals surface area (Å²) in [4.78, 5) is 26.2. The van der Waals surface area contributed by atoms with Gasteiger partial charge in [-0.15, -0.1) is 11.3 Å². The highest BCUT2D eigenvalue weighted by molar-refractivity contribution is 7.13. The molecule has 2 fully saturated rings. The van der Waals surface area contributed by atoms with Crippen LogP contribution in [0.3, 0.4) is 0 Å². The van der Waals surface area contributed by atoms with E-state index in [1.807, 2.05) is 18.4 Å². The molecule has 1 N–H and O–H groups in total. The van der Waals surface area contributed by atoms with Gasteiger partial charge < -0.3 is 19.4 Å². The van der Waals surface area contributed by atoms with Crippen LogP contribution >= 0.6 is 11.3 Å². The molecule has 0 aliphatic carbocycles. The second-order valence-corrected chi connectivity index (χ2v) is 8.33. The molecule has 30 heavy (non-hydrogen) atoms. The van der Waals surface area contributed by atoms with Crippen LogP contribution < -0.4 is 5.32 Å². The third-order valence-corrected chi connectivity index (χ3v) is 6.37. The molecule has 0 aromatic carbocycles. The Morgan fingerprint density at radius 1 is 1.20 bits per heavy atom. The number of thiazole rings is 1. The predicted molar refractivity (Wildman–Crippen MR) is 112 cm³/mol. The van der Waals surface area contributed by atoms with Gasteiger partial charge in [-0.3, -0.25) is 14.8 Å². The minimum absolute atomic E-state index is 0.0917. The van der Waals surface area contributed by atoms with E-state index in [4.69, 9.17) is 14.5 Å². The Morgan fingerprint density at radius 3 is 2.80 bits per heavy atom. The Kier molecular flexibility index (Phi) is 5.32.